The van der Waals surface area contributed by atoms with Crippen molar-refractivity contribution in [2.75, 3.05) is 0 Å². The van der Waals surface area contributed by atoms with E-state index in [1.165, 1.54) is 6.92 Å². The van der Waals surface area contributed by atoms with E-state index in [-0.39, 0.29) is 17.2 Å². The van der Waals surface area contributed by atoms with Crippen molar-refractivity contribution in [2.24, 2.45) is 29.1 Å². The molecule has 0 amide bonds. The molecule has 3 fully saturated rings. The van der Waals surface area contributed by atoms with Crippen LogP contribution in [-0.4, -0.2) is 28.6 Å². The Morgan fingerprint density at radius 2 is 2.11 bits per heavy atom. The van der Waals surface area contributed by atoms with E-state index in [0.29, 0.717) is 42.9 Å². The third-order valence-electron chi connectivity index (χ3n) is 8.35. The van der Waals surface area contributed by atoms with Gasteiger partial charge in [-0.1, -0.05) is 12.8 Å². The minimum Gasteiger partial charge on any atom is -0.445 e. The highest BCUT2D eigenvalue weighted by Crippen LogP contribution is 2.67. The highest BCUT2D eigenvalue weighted by atomic mass is 16.6. The van der Waals surface area contributed by atoms with Gasteiger partial charge in [-0.2, -0.15) is 0 Å². The molecule has 4 nitrogen and oxygen atoms in total. The lowest BCUT2D eigenvalue weighted by atomic mass is 9.49. The molecule has 4 aliphatic carbocycles. The van der Waals surface area contributed by atoms with Crippen molar-refractivity contribution < 1.29 is 19.4 Å². The molecule has 0 bridgehead atoms. The summed E-state index contributed by atoms with van der Waals surface area (Å²) in [5, 5.41) is 10.8. The molecule has 4 rings (SSSR count). The maximum Gasteiger partial charge on any atom is 0.304 e. The SMILES string of the molecule is C#C[C@]1(OC(C)=O)CC[C@H]2[C@@H]3C[C@H](O)C4=CC(=O)CC[C@@H]4[C@H]3CC[C@@]21CC. The number of hydrogen-bond donors (Lipinski definition) is 1. The number of hydrogen-bond acceptors (Lipinski definition) is 4. The fourth-order valence-electron chi connectivity index (χ4n) is 7.37. The number of aliphatic hydroxyl groups is 1. The summed E-state index contributed by atoms with van der Waals surface area (Å²) < 4.78 is 5.85. The smallest absolute Gasteiger partial charge is 0.304 e. The molecular formula is C23H30O4. The van der Waals surface area contributed by atoms with Gasteiger partial charge in [0.1, 0.15) is 0 Å². The number of ether oxygens (including phenoxy) is 1. The number of esters is 1. The van der Waals surface area contributed by atoms with Gasteiger partial charge in [-0.15, -0.1) is 6.42 Å². The van der Waals surface area contributed by atoms with Gasteiger partial charge in [0.2, 0.25) is 0 Å². The molecule has 0 radical (unpaired) electrons. The van der Waals surface area contributed by atoms with Crippen LogP contribution in [0.1, 0.15) is 65.2 Å². The minimum absolute atomic E-state index is 0.152. The lowest BCUT2D eigenvalue weighted by Crippen LogP contribution is -2.56. The second-order valence-corrected chi connectivity index (χ2v) is 9.09. The Morgan fingerprint density at radius 3 is 2.78 bits per heavy atom. The molecule has 0 spiro atoms. The van der Waals surface area contributed by atoms with E-state index in [1.54, 1.807) is 6.08 Å². The molecular weight excluding hydrogens is 340 g/mol. The second kappa shape index (κ2) is 6.48. The molecule has 7 atom stereocenters. The van der Waals surface area contributed by atoms with Gasteiger partial charge >= 0.3 is 5.97 Å². The molecule has 0 unspecified atom stereocenters. The Morgan fingerprint density at radius 1 is 1.33 bits per heavy atom. The second-order valence-electron chi connectivity index (χ2n) is 9.09. The number of fused-ring (bicyclic) bond motifs is 5. The standard InChI is InChI=1S/C23H30O4/c1-4-22-10-8-17-16-7-6-15(25)12-19(16)21(26)13-18(17)20(22)9-11-23(22,5-2)27-14(3)24/h2,12,16-18,20-21,26H,4,6-11,13H2,1,3H3/t16-,17-,18-,20+,21+,22+,23+/m1/s1. The first-order chi connectivity index (χ1) is 12.9. The van der Waals surface area contributed by atoms with Crippen LogP contribution in [0.3, 0.4) is 0 Å². The fraction of sp³-hybridized carbons (Fsp3) is 0.739. The molecule has 146 valence electrons. The molecule has 0 aromatic carbocycles. The van der Waals surface area contributed by atoms with E-state index < -0.39 is 11.7 Å². The van der Waals surface area contributed by atoms with Gasteiger partial charge in [-0.3, -0.25) is 9.59 Å². The van der Waals surface area contributed by atoms with Gasteiger partial charge in [-0.05, 0) is 80.3 Å². The van der Waals surface area contributed by atoms with E-state index in [2.05, 4.69) is 12.8 Å². The van der Waals surface area contributed by atoms with Crippen molar-refractivity contribution in [1.29, 1.82) is 0 Å². The van der Waals surface area contributed by atoms with Gasteiger partial charge in [0.25, 0.3) is 0 Å². The summed E-state index contributed by atoms with van der Waals surface area (Å²) in [5.74, 6) is 4.33. The normalized spacial score (nSPS) is 45.8. The number of aliphatic hydroxyl groups excluding tert-OH is 1. The largest absolute Gasteiger partial charge is 0.445 e. The minimum atomic E-state index is -0.813. The van der Waals surface area contributed by atoms with Crippen LogP contribution in [0.2, 0.25) is 0 Å². The van der Waals surface area contributed by atoms with Crippen LogP contribution in [0, 0.1) is 41.4 Å². The molecule has 0 aromatic heterocycles. The summed E-state index contributed by atoms with van der Waals surface area (Å²) in [6.07, 6.45) is 13.9. The number of carbonyl (C=O) groups excluding carboxylic acids is 2. The molecule has 0 saturated heterocycles. The van der Waals surface area contributed by atoms with E-state index in [1.807, 2.05) is 0 Å². The summed E-state index contributed by atoms with van der Waals surface area (Å²) in [4.78, 5) is 23.7. The summed E-state index contributed by atoms with van der Waals surface area (Å²) in [6, 6.07) is 0. The van der Waals surface area contributed by atoms with Crippen molar-refractivity contribution in [2.45, 2.75) is 76.9 Å². The third-order valence-corrected chi connectivity index (χ3v) is 8.35. The fourth-order valence-corrected chi connectivity index (χ4v) is 7.37. The van der Waals surface area contributed by atoms with Gasteiger partial charge in [-0.25, -0.2) is 0 Å². The van der Waals surface area contributed by atoms with Crippen molar-refractivity contribution >= 4 is 11.8 Å². The van der Waals surface area contributed by atoms with Crippen LogP contribution < -0.4 is 0 Å². The predicted octanol–water partition coefficient (Wildman–Crippen LogP) is 3.42. The molecule has 1 N–H and O–H groups in total. The zero-order valence-electron chi connectivity index (χ0n) is 16.4. The van der Waals surface area contributed by atoms with E-state index in [0.717, 1.165) is 37.7 Å². The van der Waals surface area contributed by atoms with Crippen LogP contribution in [0.15, 0.2) is 11.6 Å². The zero-order chi connectivity index (χ0) is 19.4. The van der Waals surface area contributed by atoms with Gasteiger partial charge in [0, 0.05) is 18.8 Å². The lowest BCUT2D eigenvalue weighted by Gasteiger charge is -2.57. The quantitative estimate of drug-likeness (QED) is 0.597. The highest BCUT2D eigenvalue weighted by Gasteiger charge is 2.66. The molecule has 27 heavy (non-hydrogen) atoms. The van der Waals surface area contributed by atoms with Crippen molar-refractivity contribution in [1.82, 2.24) is 0 Å². The van der Waals surface area contributed by atoms with Crippen LogP contribution in [0.4, 0.5) is 0 Å². The predicted molar refractivity (Wildman–Crippen MR) is 101 cm³/mol. The van der Waals surface area contributed by atoms with E-state index >= 15 is 0 Å². The zero-order valence-corrected chi connectivity index (χ0v) is 16.4. The lowest BCUT2D eigenvalue weighted by molar-refractivity contribution is -0.171. The Bertz CT molecular complexity index is 731. The summed E-state index contributed by atoms with van der Waals surface area (Å²) >= 11 is 0. The first-order valence-corrected chi connectivity index (χ1v) is 10.5. The molecule has 4 aliphatic rings. The van der Waals surface area contributed by atoms with Crippen molar-refractivity contribution in [3.63, 3.8) is 0 Å². The number of ketones is 1. The molecule has 0 aromatic rings. The van der Waals surface area contributed by atoms with Crippen LogP contribution >= 0.6 is 0 Å². The first kappa shape index (κ1) is 18.7. The van der Waals surface area contributed by atoms with Gasteiger partial charge in [0.15, 0.2) is 11.4 Å². The van der Waals surface area contributed by atoms with Crippen molar-refractivity contribution in [3.05, 3.63) is 11.6 Å². The topological polar surface area (TPSA) is 63.6 Å². The maximum atomic E-state index is 11.9. The Balaban J connectivity index is 1.71. The Kier molecular flexibility index (Phi) is 4.50. The molecule has 3 saturated carbocycles. The monoisotopic (exact) mass is 370 g/mol. The van der Waals surface area contributed by atoms with Crippen molar-refractivity contribution in [3.8, 4) is 12.3 Å². The van der Waals surface area contributed by atoms with Gasteiger partial charge < -0.3 is 9.84 Å². The van der Waals surface area contributed by atoms with Crippen LogP contribution in [0.25, 0.3) is 0 Å². The Hall–Kier alpha value is -1.60. The highest BCUT2D eigenvalue weighted by molar-refractivity contribution is 5.91. The third kappa shape index (κ3) is 2.54. The molecule has 0 heterocycles. The molecule has 0 aliphatic heterocycles. The summed E-state index contributed by atoms with van der Waals surface area (Å²) in [7, 11) is 0. The van der Waals surface area contributed by atoms with E-state index in [4.69, 9.17) is 11.2 Å². The average molecular weight is 370 g/mol. The van der Waals surface area contributed by atoms with E-state index in [9.17, 15) is 14.7 Å². The Labute approximate surface area is 161 Å². The molecule has 4 heteroatoms. The maximum absolute atomic E-state index is 11.9. The number of terminal acetylenes is 1. The van der Waals surface area contributed by atoms with Gasteiger partial charge in [0.05, 0.1) is 6.10 Å². The van der Waals surface area contributed by atoms with Crippen LogP contribution in [0.5, 0.6) is 0 Å². The average Bonchev–Trinajstić information content (AvgIpc) is 2.97. The number of carbonyl (C=O) groups is 2. The number of rotatable bonds is 2. The first-order valence-electron chi connectivity index (χ1n) is 10.5. The van der Waals surface area contributed by atoms with Crippen LogP contribution in [-0.2, 0) is 14.3 Å². The summed E-state index contributed by atoms with van der Waals surface area (Å²) in [6.45, 7) is 3.61. The summed E-state index contributed by atoms with van der Waals surface area (Å²) in [5.41, 5.74) is -0.0370.